The van der Waals surface area contributed by atoms with Crippen molar-refractivity contribution in [1.82, 2.24) is 10.1 Å². The molecule has 4 aromatic rings. The van der Waals surface area contributed by atoms with E-state index in [9.17, 15) is 10.1 Å². The summed E-state index contributed by atoms with van der Waals surface area (Å²) in [5, 5.41) is 14.1. The van der Waals surface area contributed by atoms with E-state index < -0.39 is 0 Å². The zero-order valence-electron chi connectivity index (χ0n) is 15.7. The van der Waals surface area contributed by atoms with E-state index in [4.69, 9.17) is 4.52 Å². The Morgan fingerprint density at radius 2 is 1.89 bits per heavy atom. The number of fused-ring (bicyclic) bond motifs is 1. The molecule has 28 heavy (non-hydrogen) atoms. The lowest BCUT2D eigenvalue weighted by Gasteiger charge is -2.12. The van der Waals surface area contributed by atoms with E-state index in [0.29, 0.717) is 28.1 Å². The number of nitrogens with zero attached hydrogens (tertiary/aromatic N) is 2. The number of benzene rings is 2. The molecule has 2 aromatic heterocycles. The van der Waals surface area contributed by atoms with Gasteiger partial charge in [0.25, 0.3) is 5.56 Å². The van der Waals surface area contributed by atoms with Crippen LogP contribution in [0.1, 0.15) is 30.2 Å². The summed E-state index contributed by atoms with van der Waals surface area (Å²) in [4.78, 5) is 15.9. The number of rotatable bonds is 4. The maximum absolute atomic E-state index is 13.0. The van der Waals surface area contributed by atoms with E-state index in [0.717, 1.165) is 29.4 Å². The van der Waals surface area contributed by atoms with Gasteiger partial charge in [0, 0.05) is 22.5 Å². The number of nitriles is 1. The number of aryl methyl sites for hydroxylation is 2. The molecule has 2 heterocycles. The van der Waals surface area contributed by atoms with Crippen LogP contribution in [0.3, 0.4) is 0 Å². The molecule has 5 nitrogen and oxygen atoms in total. The van der Waals surface area contributed by atoms with E-state index in [1.807, 2.05) is 19.1 Å². The lowest BCUT2D eigenvalue weighted by atomic mass is 9.93. The second-order valence-corrected chi connectivity index (χ2v) is 6.86. The largest absolute Gasteiger partial charge is 0.356 e. The predicted molar refractivity (Wildman–Crippen MR) is 109 cm³/mol. The summed E-state index contributed by atoms with van der Waals surface area (Å²) < 4.78 is 5.43. The third-order valence-corrected chi connectivity index (χ3v) is 4.80. The predicted octanol–water partition coefficient (Wildman–Crippen LogP) is 4.98. The number of nitrogens with one attached hydrogen (secondary N) is 1. The Morgan fingerprint density at radius 3 is 2.54 bits per heavy atom. The molecule has 0 radical (unpaired) electrons. The van der Waals surface area contributed by atoms with Crippen molar-refractivity contribution in [3.63, 3.8) is 0 Å². The number of pyridine rings is 1. The first kappa shape index (κ1) is 17.7. The Balaban J connectivity index is 2.07. The second kappa shape index (κ2) is 7.16. The van der Waals surface area contributed by atoms with Crippen molar-refractivity contribution < 1.29 is 4.52 Å². The summed E-state index contributed by atoms with van der Waals surface area (Å²) in [6, 6.07) is 17.4. The maximum Gasteiger partial charge on any atom is 0.260 e. The highest BCUT2D eigenvalue weighted by atomic mass is 16.5. The Morgan fingerprint density at radius 1 is 1.11 bits per heavy atom. The Labute approximate surface area is 162 Å². The van der Waals surface area contributed by atoms with Crippen molar-refractivity contribution in [2.45, 2.75) is 26.7 Å². The summed E-state index contributed by atoms with van der Waals surface area (Å²) in [7, 11) is 0. The zero-order chi connectivity index (χ0) is 19.7. The van der Waals surface area contributed by atoms with Gasteiger partial charge < -0.3 is 9.51 Å². The number of H-pyrrole nitrogens is 1. The molecule has 0 atom stereocenters. The molecule has 0 amide bonds. The van der Waals surface area contributed by atoms with Gasteiger partial charge in [-0.05, 0) is 42.7 Å². The molecule has 0 saturated heterocycles. The second-order valence-electron chi connectivity index (χ2n) is 6.86. The molecule has 0 aliphatic carbocycles. The highest BCUT2D eigenvalue weighted by Gasteiger charge is 2.20. The van der Waals surface area contributed by atoms with Crippen molar-refractivity contribution in [3.05, 3.63) is 75.7 Å². The fourth-order valence-corrected chi connectivity index (χ4v) is 3.51. The molecule has 0 spiro atoms. The first-order valence-corrected chi connectivity index (χ1v) is 9.24. The van der Waals surface area contributed by atoms with Gasteiger partial charge in [0.05, 0.1) is 22.9 Å². The lowest BCUT2D eigenvalue weighted by molar-refractivity contribution is 0.427. The maximum atomic E-state index is 13.0. The van der Waals surface area contributed by atoms with Crippen LogP contribution in [0, 0.1) is 18.3 Å². The van der Waals surface area contributed by atoms with Crippen molar-refractivity contribution in [1.29, 1.82) is 5.26 Å². The van der Waals surface area contributed by atoms with Crippen LogP contribution in [-0.4, -0.2) is 10.1 Å². The van der Waals surface area contributed by atoms with E-state index in [-0.39, 0.29) is 5.56 Å². The van der Waals surface area contributed by atoms with Crippen molar-refractivity contribution in [2.24, 2.45) is 0 Å². The third kappa shape index (κ3) is 3.10. The van der Waals surface area contributed by atoms with Crippen LogP contribution in [0.4, 0.5) is 0 Å². The number of aromatic amines is 1. The van der Waals surface area contributed by atoms with E-state index >= 15 is 0 Å². The molecule has 0 aliphatic rings. The van der Waals surface area contributed by atoms with Crippen molar-refractivity contribution in [2.75, 3.05) is 0 Å². The highest BCUT2D eigenvalue weighted by molar-refractivity contribution is 6.01. The number of hydrogen-bond donors (Lipinski definition) is 1. The summed E-state index contributed by atoms with van der Waals surface area (Å²) >= 11 is 0. The number of hydrogen-bond acceptors (Lipinski definition) is 4. The average molecular weight is 369 g/mol. The SMILES string of the molecule is CCCc1ccc(-c2c(-c3cc(C)no3)c(=O)[nH]c3ccc(C#N)cc23)cc1. The van der Waals surface area contributed by atoms with Crippen LogP contribution >= 0.6 is 0 Å². The quantitative estimate of drug-likeness (QED) is 0.550. The molecule has 2 aromatic carbocycles. The lowest BCUT2D eigenvalue weighted by Crippen LogP contribution is -2.11. The minimum absolute atomic E-state index is 0.249. The van der Waals surface area contributed by atoms with Gasteiger partial charge in [-0.1, -0.05) is 42.8 Å². The first-order chi connectivity index (χ1) is 13.6. The molecule has 0 unspecified atom stereocenters. The fourth-order valence-electron chi connectivity index (χ4n) is 3.51. The van der Waals surface area contributed by atoms with Crippen LogP contribution in [0.2, 0.25) is 0 Å². The summed E-state index contributed by atoms with van der Waals surface area (Å²) in [6.45, 7) is 3.96. The molecule has 1 N–H and O–H groups in total. The van der Waals surface area contributed by atoms with Crippen LogP contribution in [-0.2, 0) is 6.42 Å². The van der Waals surface area contributed by atoms with Crippen molar-refractivity contribution >= 4 is 10.9 Å². The van der Waals surface area contributed by atoms with Gasteiger partial charge in [0.1, 0.15) is 0 Å². The molecule has 4 rings (SSSR count). The Kier molecular flexibility index (Phi) is 4.54. The summed E-state index contributed by atoms with van der Waals surface area (Å²) in [5.74, 6) is 0.413. The van der Waals surface area contributed by atoms with Gasteiger partial charge in [-0.25, -0.2) is 0 Å². The normalized spacial score (nSPS) is 10.9. The van der Waals surface area contributed by atoms with E-state index in [1.165, 1.54) is 5.56 Å². The first-order valence-electron chi connectivity index (χ1n) is 9.24. The van der Waals surface area contributed by atoms with Crippen LogP contribution in [0.5, 0.6) is 0 Å². The van der Waals surface area contributed by atoms with E-state index in [1.54, 1.807) is 24.3 Å². The Hall–Kier alpha value is -3.65. The molecule has 0 aliphatic heterocycles. The topological polar surface area (TPSA) is 82.7 Å². The molecule has 5 heteroatoms. The van der Waals surface area contributed by atoms with Crippen LogP contribution < -0.4 is 5.56 Å². The molecule has 0 bridgehead atoms. The van der Waals surface area contributed by atoms with Gasteiger partial charge in [-0.2, -0.15) is 5.26 Å². The molecule has 138 valence electrons. The standard InChI is InChI=1S/C23H19N3O2/c1-3-4-15-5-8-17(9-6-15)21-18-12-16(13-24)7-10-19(18)25-23(27)22(21)20-11-14(2)26-28-20/h5-12H,3-4H2,1-2H3,(H,25,27). The van der Waals surface area contributed by atoms with Crippen molar-refractivity contribution in [3.8, 4) is 28.5 Å². The Bertz CT molecular complexity index is 1260. The smallest absolute Gasteiger partial charge is 0.260 e. The summed E-state index contributed by atoms with van der Waals surface area (Å²) in [5.41, 5.74) is 4.97. The van der Waals surface area contributed by atoms with Gasteiger partial charge in [-0.15, -0.1) is 0 Å². The summed E-state index contributed by atoms with van der Waals surface area (Å²) in [6.07, 6.45) is 2.07. The monoisotopic (exact) mass is 369 g/mol. The van der Waals surface area contributed by atoms with Crippen LogP contribution in [0.15, 0.2) is 57.8 Å². The van der Waals surface area contributed by atoms with Gasteiger partial charge in [0.15, 0.2) is 5.76 Å². The van der Waals surface area contributed by atoms with E-state index in [2.05, 4.69) is 35.3 Å². The molecular formula is C23H19N3O2. The minimum Gasteiger partial charge on any atom is -0.356 e. The molecule has 0 saturated carbocycles. The van der Waals surface area contributed by atoms with Crippen LogP contribution in [0.25, 0.3) is 33.4 Å². The minimum atomic E-state index is -0.249. The zero-order valence-corrected chi connectivity index (χ0v) is 15.7. The third-order valence-electron chi connectivity index (χ3n) is 4.80. The van der Waals surface area contributed by atoms with Gasteiger partial charge in [-0.3, -0.25) is 4.79 Å². The average Bonchev–Trinajstić information content (AvgIpc) is 3.13. The molecule has 0 fully saturated rings. The number of aromatic nitrogens is 2. The van der Waals surface area contributed by atoms with Gasteiger partial charge in [0.2, 0.25) is 0 Å². The fraction of sp³-hybridized carbons (Fsp3) is 0.174. The highest BCUT2D eigenvalue weighted by Crippen LogP contribution is 2.35. The molecular weight excluding hydrogens is 350 g/mol. The van der Waals surface area contributed by atoms with Gasteiger partial charge >= 0.3 is 0 Å².